The highest BCUT2D eigenvalue weighted by molar-refractivity contribution is 7.12. The maximum Gasteiger partial charge on any atom is 0.281 e. The van der Waals surface area contributed by atoms with Gasteiger partial charge < -0.3 is 9.47 Å². The van der Waals surface area contributed by atoms with Crippen LogP contribution < -0.4 is 14.9 Å². The van der Waals surface area contributed by atoms with E-state index in [4.69, 9.17) is 9.47 Å². The summed E-state index contributed by atoms with van der Waals surface area (Å²) < 4.78 is 24.0. The minimum Gasteiger partial charge on any atom is -0.493 e. The van der Waals surface area contributed by atoms with E-state index in [0.29, 0.717) is 23.0 Å². The second kappa shape index (κ2) is 8.95. The summed E-state index contributed by atoms with van der Waals surface area (Å²) in [6, 6.07) is 14.9. The molecule has 7 heteroatoms. The molecule has 0 bridgehead atoms. The van der Waals surface area contributed by atoms with E-state index in [1.165, 1.54) is 29.7 Å². The van der Waals surface area contributed by atoms with Crippen molar-refractivity contribution in [2.24, 2.45) is 5.10 Å². The number of rotatable bonds is 7. The van der Waals surface area contributed by atoms with Gasteiger partial charge in [-0.25, -0.2) is 9.82 Å². The highest BCUT2D eigenvalue weighted by atomic mass is 32.1. The van der Waals surface area contributed by atoms with Crippen molar-refractivity contribution in [2.75, 3.05) is 7.11 Å². The number of hydrogen-bond acceptors (Lipinski definition) is 5. The molecule has 0 saturated heterocycles. The highest BCUT2D eigenvalue weighted by Gasteiger charge is 2.07. The number of thiophene rings is 1. The lowest BCUT2D eigenvalue weighted by Crippen LogP contribution is -2.16. The number of hydrazone groups is 1. The van der Waals surface area contributed by atoms with Gasteiger partial charge in [0, 0.05) is 0 Å². The van der Waals surface area contributed by atoms with Crippen LogP contribution in [0.3, 0.4) is 0 Å². The molecule has 138 valence electrons. The average Bonchev–Trinajstić information content (AvgIpc) is 3.23. The number of amides is 1. The van der Waals surface area contributed by atoms with Gasteiger partial charge in [-0.2, -0.15) is 5.10 Å². The Morgan fingerprint density at radius 1 is 1.19 bits per heavy atom. The molecule has 3 rings (SSSR count). The van der Waals surface area contributed by atoms with Crippen molar-refractivity contribution in [3.63, 3.8) is 0 Å². The monoisotopic (exact) mass is 384 g/mol. The quantitative estimate of drug-likeness (QED) is 0.490. The lowest BCUT2D eigenvalue weighted by Gasteiger charge is -2.11. The molecule has 5 nitrogen and oxygen atoms in total. The molecular weight excluding hydrogens is 367 g/mol. The maximum absolute atomic E-state index is 12.9. The van der Waals surface area contributed by atoms with Crippen molar-refractivity contribution < 1.29 is 18.7 Å². The number of ether oxygens (including phenoxy) is 2. The first kappa shape index (κ1) is 18.6. The number of hydrogen-bond donors (Lipinski definition) is 1. The van der Waals surface area contributed by atoms with Gasteiger partial charge in [0.15, 0.2) is 11.5 Å². The molecule has 3 aromatic rings. The number of nitrogens with zero attached hydrogens (tertiary/aromatic N) is 1. The number of carbonyl (C=O) groups excluding carboxylic acids is 1. The Morgan fingerprint density at radius 3 is 2.70 bits per heavy atom. The molecule has 0 aliphatic carbocycles. The van der Waals surface area contributed by atoms with Crippen molar-refractivity contribution in [3.05, 3.63) is 81.8 Å². The summed E-state index contributed by atoms with van der Waals surface area (Å²) in [5.74, 6) is 0.547. The minimum atomic E-state index is -0.286. The average molecular weight is 384 g/mol. The van der Waals surface area contributed by atoms with Crippen LogP contribution in [0.1, 0.15) is 20.8 Å². The van der Waals surface area contributed by atoms with E-state index in [-0.39, 0.29) is 11.7 Å². The lowest BCUT2D eigenvalue weighted by molar-refractivity contribution is 0.0959. The van der Waals surface area contributed by atoms with Crippen LogP contribution in [-0.4, -0.2) is 19.2 Å². The normalized spacial score (nSPS) is 10.7. The van der Waals surface area contributed by atoms with Crippen molar-refractivity contribution >= 4 is 23.5 Å². The fourth-order valence-corrected chi connectivity index (χ4v) is 2.87. The molecule has 1 heterocycles. The molecule has 1 N–H and O–H groups in total. The van der Waals surface area contributed by atoms with Crippen LogP contribution in [0, 0.1) is 5.82 Å². The van der Waals surface area contributed by atoms with Gasteiger partial charge in [0.25, 0.3) is 5.91 Å². The van der Waals surface area contributed by atoms with Crippen LogP contribution in [0.25, 0.3) is 0 Å². The van der Waals surface area contributed by atoms with Gasteiger partial charge in [0.05, 0.1) is 18.2 Å². The third kappa shape index (κ3) is 5.15. The molecule has 27 heavy (non-hydrogen) atoms. The van der Waals surface area contributed by atoms with Gasteiger partial charge in [-0.15, -0.1) is 11.3 Å². The van der Waals surface area contributed by atoms with E-state index in [1.807, 2.05) is 5.38 Å². The van der Waals surface area contributed by atoms with Crippen LogP contribution in [0.15, 0.2) is 65.1 Å². The van der Waals surface area contributed by atoms with E-state index in [9.17, 15) is 9.18 Å². The predicted molar refractivity (Wildman–Crippen MR) is 103 cm³/mol. The molecule has 0 aliphatic heterocycles. The van der Waals surface area contributed by atoms with Gasteiger partial charge >= 0.3 is 0 Å². The molecular formula is C20H17FN2O3S. The molecule has 0 spiro atoms. The van der Waals surface area contributed by atoms with E-state index in [0.717, 1.165) is 11.1 Å². The molecule has 1 amide bonds. The number of benzene rings is 2. The zero-order valence-electron chi connectivity index (χ0n) is 14.5. The molecule has 0 unspecified atom stereocenters. The Balaban J connectivity index is 1.62. The van der Waals surface area contributed by atoms with Gasteiger partial charge in [-0.1, -0.05) is 18.2 Å². The van der Waals surface area contributed by atoms with Crippen molar-refractivity contribution in [1.82, 2.24) is 5.43 Å². The predicted octanol–water partition coefficient (Wildman–Crippen LogP) is 4.24. The summed E-state index contributed by atoms with van der Waals surface area (Å²) >= 11 is 1.35. The molecule has 0 atom stereocenters. The van der Waals surface area contributed by atoms with E-state index >= 15 is 0 Å². The lowest BCUT2D eigenvalue weighted by atomic mass is 10.2. The summed E-state index contributed by atoms with van der Waals surface area (Å²) in [5.41, 5.74) is 4.07. The second-order valence-electron chi connectivity index (χ2n) is 5.50. The van der Waals surface area contributed by atoms with Crippen LogP contribution >= 0.6 is 11.3 Å². The van der Waals surface area contributed by atoms with Gasteiger partial charge in [-0.05, 0) is 52.9 Å². The van der Waals surface area contributed by atoms with Crippen molar-refractivity contribution in [1.29, 1.82) is 0 Å². The first-order valence-corrected chi connectivity index (χ1v) is 8.96. The molecule has 0 fully saturated rings. The fraction of sp³-hybridized carbons (Fsp3) is 0.100. The van der Waals surface area contributed by atoms with Gasteiger partial charge in [-0.3, -0.25) is 4.79 Å². The summed E-state index contributed by atoms with van der Waals surface area (Å²) in [6.45, 7) is 0.293. The molecule has 0 saturated carbocycles. The van der Waals surface area contributed by atoms with E-state index in [2.05, 4.69) is 10.5 Å². The molecule has 0 aliphatic rings. The topological polar surface area (TPSA) is 59.9 Å². The van der Waals surface area contributed by atoms with Crippen LogP contribution in [0.2, 0.25) is 0 Å². The summed E-state index contributed by atoms with van der Waals surface area (Å²) in [5, 5.41) is 5.78. The van der Waals surface area contributed by atoms with Gasteiger partial charge in [0.1, 0.15) is 12.4 Å². The van der Waals surface area contributed by atoms with Crippen LogP contribution in [0.4, 0.5) is 4.39 Å². The Morgan fingerprint density at radius 2 is 2.00 bits per heavy atom. The zero-order valence-corrected chi connectivity index (χ0v) is 15.3. The van der Waals surface area contributed by atoms with Gasteiger partial charge in [0.2, 0.25) is 0 Å². The fourth-order valence-electron chi connectivity index (χ4n) is 2.25. The molecule has 2 aromatic carbocycles. The minimum absolute atomic E-state index is 0.257. The second-order valence-corrected chi connectivity index (χ2v) is 6.45. The third-order valence-electron chi connectivity index (χ3n) is 3.62. The van der Waals surface area contributed by atoms with Crippen molar-refractivity contribution in [3.8, 4) is 11.5 Å². The number of nitrogens with one attached hydrogen (secondary N) is 1. The Hall–Kier alpha value is -3.19. The standard InChI is InChI=1S/C20H17FN2O3S/c1-25-18-11-15(12-22-23-20(24)19-3-2-10-27-19)6-9-17(18)26-13-14-4-7-16(21)8-5-14/h2-12H,13H2,1H3,(H,23,24)/b22-12+. The third-order valence-corrected chi connectivity index (χ3v) is 4.49. The first-order valence-electron chi connectivity index (χ1n) is 8.08. The van der Waals surface area contributed by atoms with Crippen LogP contribution in [-0.2, 0) is 6.61 Å². The Labute approximate surface area is 160 Å². The summed E-state index contributed by atoms with van der Waals surface area (Å²) in [7, 11) is 1.54. The van der Waals surface area contributed by atoms with E-state index in [1.54, 1.807) is 49.6 Å². The maximum atomic E-state index is 12.9. The zero-order chi connectivity index (χ0) is 19.1. The Bertz CT molecular complexity index is 925. The van der Waals surface area contributed by atoms with Crippen LogP contribution in [0.5, 0.6) is 11.5 Å². The first-order chi connectivity index (χ1) is 13.2. The number of halogens is 1. The Kier molecular flexibility index (Phi) is 6.17. The molecule has 1 aromatic heterocycles. The largest absolute Gasteiger partial charge is 0.493 e. The summed E-state index contributed by atoms with van der Waals surface area (Å²) in [4.78, 5) is 12.4. The smallest absolute Gasteiger partial charge is 0.281 e. The number of methoxy groups -OCH3 is 1. The van der Waals surface area contributed by atoms with E-state index < -0.39 is 0 Å². The number of carbonyl (C=O) groups is 1. The summed E-state index contributed by atoms with van der Waals surface area (Å²) in [6.07, 6.45) is 1.53. The molecule has 0 radical (unpaired) electrons. The SMILES string of the molecule is COc1cc(/C=N/NC(=O)c2cccs2)ccc1OCc1ccc(F)cc1. The van der Waals surface area contributed by atoms with Crippen molar-refractivity contribution in [2.45, 2.75) is 6.61 Å². The highest BCUT2D eigenvalue weighted by Crippen LogP contribution is 2.28.